The first-order valence-corrected chi connectivity index (χ1v) is 10.1. The lowest BCUT2D eigenvalue weighted by atomic mass is 10.2. The van der Waals surface area contributed by atoms with Crippen LogP contribution in [0.1, 0.15) is 33.5 Å². The minimum absolute atomic E-state index is 0. The summed E-state index contributed by atoms with van der Waals surface area (Å²) in [6.07, 6.45) is 0.895. The normalized spacial score (nSPS) is 15.3. The molecule has 1 aromatic rings. The highest BCUT2D eigenvalue weighted by atomic mass is 127. The maximum Gasteiger partial charge on any atom is 0.205 e. The van der Waals surface area contributed by atoms with Crippen molar-refractivity contribution in [1.82, 2.24) is 19.6 Å². The van der Waals surface area contributed by atoms with E-state index in [9.17, 15) is 0 Å². The SMILES string of the molecule is CCNC(=NCCOCC(C)C)N1CCN(c2nc(CC)ns2)CC1.I. The molecule has 0 aromatic carbocycles. The first-order valence-electron chi connectivity index (χ1n) is 9.32. The van der Waals surface area contributed by atoms with E-state index in [0.717, 1.165) is 62.7 Å². The van der Waals surface area contributed by atoms with E-state index in [1.807, 2.05) is 0 Å². The highest BCUT2D eigenvalue weighted by Crippen LogP contribution is 2.19. The van der Waals surface area contributed by atoms with Gasteiger partial charge in [-0.1, -0.05) is 20.8 Å². The second kappa shape index (κ2) is 12.7. The zero-order valence-electron chi connectivity index (χ0n) is 16.4. The molecule has 0 bridgehead atoms. The molecule has 1 aliphatic heterocycles. The fraction of sp³-hybridized carbons (Fsp3) is 0.824. The summed E-state index contributed by atoms with van der Waals surface area (Å²) in [4.78, 5) is 14.0. The van der Waals surface area contributed by atoms with Crippen LogP contribution in [-0.2, 0) is 11.2 Å². The Balaban J connectivity index is 0.00000338. The summed E-state index contributed by atoms with van der Waals surface area (Å²) in [5, 5.41) is 4.44. The number of halogens is 1. The number of nitrogens with one attached hydrogen (secondary N) is 1. The molecule has 7 nitrogen and oxygen atoms in total. The molecule has 0 saturated carbocycles. The summed E-state index contributed by atoms with van der Waals surface area (Å²) in [7, 11) is 0. The molecule has 2 rings (SSSR count). The molecule has 9 heteroatoms. The highest BCUT2D eigenvalue weighted by molar-refractivity contribution is 14.0. The van der Waals surface area contributed by atoms with E-state index in [-0.39, 0.29) is 24.0 Å². The van der Waals surface area contributed by atoms with Gasteiger partial charge in [0.15, 0.2) is 5.96 Å². The van der Waals surface area contributed by atoms with Crippen molar-refractivity contribution in [3.8, 4) is 0 Å². The standard InChI is InChI=1S/C17H32N6OS.HI/c1-5-15-20-17(25-21-15)23-10-8-22(9-11-23)16(18-6-2)19-7-12-24-13-14(3)4;/h14H,5-13H2,1-4H3,(H,18,19);1H. The van der Waals surface area contributed by atoms with Crippen molar-refractivity contribution in [2.24, 2.45) is 10.9 Å². The van der Waals surface area contributed by atoms with Crippen LogP contribution in [0, 0.1) is 5.92 Å². The number of hydrogen-bond acceptors (Lipinski definition) is 6. The van der Waals surface area contributed by atoms with Crippen LogP contribution < -0.4 is 10.2 Å². The molecule has 26 heavy (non-hydrogen) atoms. The molecular weight excluding hydrogens is 463 g/mol. The zero-order valence-corrected chi connectivity index (χ0v) is 19.5. The number of aryl methyl sites for hydroxylation is 1. The molecular formula is C17H33IN6OS. The number of ether oxygens (including phenoxy) is 1. The molecule has 1 aromatic heterocycles. The Hall–Kier alpha value is -0.680. The van der Waals surface area contributed by atoms with Gasteiger partial charge in [0.1, 0.15) is 5.82 Å². The summed E-state index contributed by atoms with van der Waals surface area (Å²) >= 11 is 1.51. The summed E-state index contributed by atoms with van der Waals surface area (Å²) in [5.74, 6) is 2.50. The monoisotopic (exact) mass is 496 g/mol. The summed E-state index contributed by atoms with van der Waals surface area (Å²) in [6, 6.07) is 0. The lowest BCUT2D eigenvalue weighted by molar-refractivity contribution is 0.116. The molecule has 1 N–H and O–H groups in total. The van der Waals surface area contributed by atoms with Crippen molar-refractivity contribution in [3.05, 3.63) is 5.82 Å². The zero-order chi connectivity index (χ0) is 18.1. The average Bonchev–Trinajstić information content (AvgIpc) is 3.09. The van der Waals surface area contributed by atoms with Crippen LogP contribution in [0.5, 0.6) is 0 Å². The highest BCUT2D eigenvalue weighted by Gasteiger charge is 2.21. The van der Waals surface area contributed by atoms with Crippen LogP contribution in [-0.4, -0.2) is 72.7 Å². The van der Waals surface area contributed by atoms with Gasteiger partial charge >= 0.3 is 0 Å². The predicted octanol–water partition coefficient (Wildman–Crippen LogP) is 2.48. The fourth-order valence-electron chi connectivity index (χ4n) is 2.59. The van der Waals surface area contributed by atoms with Crippen LogP contribution >= 0.6 is 35.5 Å². The summed E-state index contributed by atoms with van der Waals surface area (Å²) in [6.45, 7) is 15.4. The van der Waals surface area contributed by atoms with Crippen molar-refractivity contribution < 1.29 is 4.74 Å². The Labute approximate surface area is 178 Å². The first kappa shape index (κ1) is 23.4. The van der Waals surface area contributed by atoms with Crippen LogP contribution in [0.3, 0.4) is 0 Å². The second-order valence-electron chi connectivity index (χ2n) is 6.53. The van der Waals surface area contributed by atoms with Gasteiger partial charge in [0.25, 0.3) is 0 Å². The van der Waals surface area contributed by atoms with Gasteiger partial charge in [-0.25, -0.2) is 4.98 Å². The predicted molar refractivity (Wildman–Crippen MR) is 120 cm³/mol. The van der Waals surface area contributed by atoms with Gasteiger partial charge in [-0.15, -0.1) is 24.0 Å². The van der Waals surface area contributed by atoms with E-state index in [4.69, 9.17) is 9.73 Å². The lowest BCUT2D eigenvalue weighted by Gasteiger charge is -2.36. The molecule has 1 saturated heterocycles. The quantitative estimate of drug-likeness (QED) is 0.258. The van der Waals surface area contributed by atoms with E-state index in [1.54, 1.807) is 0 Å². The third kappa shape index (κ3) is 7.51. The number of nitrogens with zero attached hydrogens (tertiary/aromatic N) is 5. The molecule has 0 spiro atoms. The summed E-state index contributed by atoms with van der Waals surface area (Å²) < 4.78 is 10.0. The number of hydrogen-bond donors (Lipinski definition) is 1. The van der Waals surface area contributed by atoms with Crippen molar-refractivity contribution in [2.45, 2.75) is 34.1 Å². The molecule has 0 radical (unpaired) electrons. The Morgan fingerprint density at radius 3 is 2.58 bits per heavy atom. The first-order chi connectivity index (χ1) is 12.1. The summed E-state index contributed by atoms with van der Waals surface area (Å²) in [5.41, 5.74) is 0. The number of aliphatic imine (C=N–C) groups is 1. The molecule has 0 unspecified atom stereocenters. The Morgan fingerprint density at radius 1 is 1.27 bits per heavy atom. The van der Waals surface area contributed by atoms with Gasteiger partial charge in [0.2, 0.25) is 5.13 Å². The molecule has 2 heterocycles. The fourth-order valence-corrected chi connectivity index (χ4v) is 3.39. The van der Waals surface area contributed by atoms with Gasteiger partial charge in [-0.2, -0.15) is 4.37 Å². The lowest BCUT2D eigenvalue weighted by Crippen LogP contribution is -2.52. The minimum Gasteiger partial charge on any atom is -0.379 e. The Morgan fingerprint density at radius 2 is 2.00 bits per heavy atom. The van der Waals surface area contributed by atoms with Gasteiger partial charge in [-0.3, -0.25) is 4.99 Å². The van der Waals surface area contributed by atoms with Crippen LogP contribution in [0.25, 0.3) is 0 Å². The topological polar surface area (TPSA) is 65.9 Å². The van der Waals surface area contributed by atoms with Gasteiger partial charge in [0, 0.05) is 57.3 Å². The molecule has 1 aliphatic rings. The molecule has 1 fully saturated rings. The van der Waals surface area contributed by atoms with E-state index in [2.05, 4.69) is 52.2 Å². The Bertz CT molecular complexity index is 531. The largest absolute Gasteiger partial charge is 0.379 e. The van der Waals surface area contributed by atoms with E-state index < -0.39 is 0 Å². The number of aromatic nitrogens is 2. The van der Waals surface area contributed by atoms with Crippen LogP contribution in [0.4, 0.5) is 5.13 Å². The van der Waals surface area contributed by atoms with Crippen molar-refractivity contribution >= 4 is 46.6 Å². The molecule has 0 amide bonds. The minimum atomic E-state index is 0. The van der Waals surface area contributed by atoms with Gasteiger partial charge < -0.3 is 19.9 Å². The number of piperazine rings is 1. The van der Waals surface area contributed by atoms with Crippen molar-refractivity contribution in [3.63, 3.8) is 0 Å². The van der Waals surface area contributed by atoms with E-state index in [1.165, 1.54) is 11.5 Å². The molecule has 0 aliphatic carbocycles. The number of guanidine groups is 1. The van der Waals surface area contributed by atoms with E-state index in [0.29, 0.717) is 19.1 Å². The number of anilines is 1. The third-order valence-corrected chi connectivity index (χ3v) is 4.72. The van der Waals surface area contributed by atoms with Crippen LogP contribution in [0.15, 0.2) is 4.99 Å². The maximum absolute atomic E-state index is 5.62. The second-order valence-corrected chi connectivity index (χ2v) is 7.26. The molecule has 150 valence electrons. The molecule has 0 atom stereocenters. The Kier molecular flexibility index (Phi) is 11.4. The van der Waals surface area contributed by atoms with E-state index >= 15 is 0 Å². The maximum atomic E-state index is 5.62. The smallest absolute Gasteiger partial charge is 0.205 e. The van der Waals surface area contributed by atoms with Gasteiger partial charge in [0.05, 0.1) is 13.2 Å². The number of rotatable bonds is 8. The van der Waals surface area contributed by atoms with Crippen LogP contribution in [0.2, 0.25) is 0 Å². The third-order valence-electron chi connectivity index (χ3n) is 3.91. The average molecular weight is 496 g/mol. The van der Waals surface area contributed by atoms with Crippen molar-refractivity contribution in [1.29, 1.82) is 0 Å². The van der Waals surface area contributed by atoms with Crippen molar-refractivity contribution in [2.75, 3.05) is 57.4 Å². The van der Waals surface area contributed by atoms with Gasteiger partial charge in [-0.05, 0) is 12.8 Å².